The Morgan fingerprint density at radius 1 is 1.41 bits per heavy atom. The minimum atomic E-state index is -4.43. The quantitative estimate of drug-likeness (QED) is 0.921. The Balaban J connectivity index is 0.00000242. The molecule has 1 aromatic carbocycles. The molecule has 1 atom stereocenters. The van der Waals surface area contributed by atoms with Gasteiger partial charge in [0, 0.05) is 19.1 Å². The number of ether oxygens (including phenoxy) is 1. The lowest BCUT2D eigenvalue weighted by atomic mass is 10.1. The number of carbonyl (C=O) groups is 1. The summed E-state index contributed by atoms with van der Waals surface area (Å²) in [5.74, 6) is -0.234. The number of hydrogen-bond donors (Lipinski definition) is 1. The predicted molar refractivity (Wildman–Crippen MR) is 78.0 cm³/mol. The summed E-state index contributed by atoms with van der Waals surface area (Å²) in [5, 5.41) is 0. The highest BCUT2D eigenvalue weighted by molar-refractivity contribution is 5.85. The fourth-order valence-electron chi connectivity index (χ4n) is 2.24. The zero-order chi connectivity index (χ0) is 15.5. The average Bonchev–Trinajstić information content (AvgIpc) is 2.44. The van der Waals surface area contributed by atoms with E-state index in [0.717, 1.165) is 25.0 Å². The average molecular weight is 339 g/mol. The molecular formula is C14H18ClF3N2O2. The lowest BCUT2D eigenvalue weighted by molar-refractivity contribution is -0.137. The third-order valence-electron chi connectivity index (χ3n) is 3.33. The number of benzene rings is 1. The Labute approximate surface area is 132 Å². The molecule has 8 heteroatoms. The number of nitrogens with two attached hydrogens (primary N) is 1. The summed E-state index contributed by atoms with van der Waals surface area (Å²) in [6.45, 7) is 0.789. The number of carbonyl (C=O) groups excluding carboxylic acids is 1. The summed E-state index contributed by atoms with van der Waals surface area (Å²) in [6, 6.07) is 4.44. The molecule has 0 spiro atoms. The van der Waals surface area contributed by atoms with Crippen molar-refractivity contribution in [1.82, 2.24) is 4.90 Å². The van der Waals surface area contributed by atoms with Crippen LogP contribution in [0.5, 0.6) is 5.75 Å². The summed E-state index contributed by atoms with van der Waals surface area (Å²) in [5.41, 5.74) is 4.98. The first-order valence-electron chi connectivity index (χ1n) is 6.69. The van der Waals surface area contributed by atoms with Crippen LogP contribution < -0.4 is 10.5 Å². The molecule has 0 bridgehead atoms. The molecule has 1 saturated heterocycles. The second-order valence-corrected chi connectivity index (χ2v) is 5.06. The molecular weight excluding hydrogens is 321 g/mol. The van der Waals surface area contributed by atoms with Crippen molar-refractivity contribution in [3.63, 3.8) is 0 Å². The first-order chi connectivity index (χ1) is 9.86. The number of likely N-dealkylation sites (tertiary alicyclic amines) is 1. The van der Waals surface area contributed by atoms with Crippen molar-refractivity contribution in [3.05, 3.63) is 29.8 Å². The molecule has 1 heterocycles. The summed E-state index contributed by atoms with van der Waals surface area (Å²) in [6.07, 6.45) is -2.72. The predicted octanol–water partition coefficient (Wildman–Crippen LogP) is 2.46. The molecule has 124 valence electrons. The number of halogens is 4. The van der Waals surface area contributed by atoms with Crippen LogP contribution in [0.1, 0.15) is 18.4 Å². The van der Waals surface area contributed by atoms with Crippen LogP contribution in [0, 0.1) is 0 Å². The van der Waals surface area contributed by atoms with Gasteiger partial charge in [-0.3, -0.25) is 4.79 Å². The topological polar surface area (TPSA) is 55.6 Å². The second kappa shape index (κ2) is 7.69. The zero-order valence-corrected chi connectivity index (χ0v) is 12.6. The molecule has 1 aliphatic rings. The van der Waals surface area contributed by atoms with Gasteiger partial charge in [0.05, 0.1) is 5.56 Å². The number of amides is 1. The van der Waals surface area contributed by atoms with Crippen LogP contribution >= 0.6 is 12.4 Å². The summed E-state index contributed by atoms with van der Waals surface area (Å²) in [4.78, 5) is 13.5. The van der Waals surface area contributed by atoms with Crippen molar-refractivity contribution in [1.29, 1.82) is 0 Å². The molecule has 1 fully saturated rings. The van der Waals surface area contributed by atoms with Gasteiger partial charge in [-0.2, -0.15) is 13.2 Å². The largest absolute Gasteiger partial charge is 0.484 e. The van der Waals surface area contributed by atoms with Gasteiger partial charge in [-0.1, -0.05) is 6.07 Å². The molecule has 1 unspecified atom stereocenters. The van der Waals surface area contributed by atoms with Crippen molar-refractivity contribution < 1.29 is 22.7 Å². The SMILES string of the molecule is Cl.NC1CCCN(C(=O)COc2cccc(C(F)(F)F)c2)C1. The van der Waals surface area contributed by atoms with E-state index < -0.39 is 11.7 Å². The number of piperidine rings is 1. The van der Waals surface area contributed by atoms with E-state index in [4.69, 9.17) is 10.5 Å². The number of hydrogen-bond acceptors (Lipinski definition) is 3. The summed E-state index contributed by atoms with van der Waals surface area (Å²) >= 11 is 0. The number of alkyl halides is 3. The van der Waals surface area contributed by atoms with Crippen LogP contribution in [0.25, 0.3) is 0 Å². The molecule has 0 aliphatic carbocycles. The van der Waals surface area contributed by atoms with Crippen LogP contribution in [-0.2, 0) is 11.0 Å². The van der Waals surface area contributed by atoms with Crippen LogP contribution in [0.3, 0.4) is 0 Å². The molecule has 0 radical (unpaired) electrons. The van der Waals surface area contributed by atoms with Gasteiger partial charge in [0.15, 0.2) is 6.61 Å². The Morgan fingerprint density at radius 2 is 2.14 bits per heavy atom. The number of nitrogens with zero attached hydrogens (tertiary/aromatic N) is 1. The van der Waals surface area contributed by atoms with Gasteiger partial charge in [-0.05, 0) is 31.0 Å². The molecule has 0 saturated carbocycles. The fourth-order valence-corrected chi connectivity index (χ4v) is 2.24. The highest BCUT2D eigenvalue weighted by Crippen LogP contribution is 2.31. The minimum absolute atomic E-state index is 0. The number of rotatable bonds is 3. The Bertz CT molecular complexity index is 511. The Morgan fingerprint density at radius 3 is 2.77 bits per heavy atom. The fraction of sp³-hybridized carbons (Fsp3) is 0.500. The van der Waals surface area contributed by atoms with Crippen LogP contribution in [-0.4, -0.2) is 36.5 Å². The van der Waals surface area contributed by atoms with E-state index in [0.29, 0.717) is 13.1 Å². The molecule has 22 heavy (non-hydrogen) atoms. The van der Waals surface area contributed by atoms with E-state index in [1.165, 1.54) is 12.1 Å². The lowest BCUT2D eigenvalue weighted by Gasteiger charge is -2.30. The van der Waals surface area contributed by atoms with Crippen molar-refractivity contribution >= 4 is 18.3 Å². The van der Waals surface area contributed by atoms with Crippen LogP contribution in [0.2, 0.25) is 0 Å². The van der Waals surface area contributed by atoms with Gasteiger partial charge < -0.3 is 15.4 Å². The Hall–Kier alpha value is -1.47. The summed E-state index contributed by atoms with van der Waals surface area (Å²) in [7, 11) is 0. The zero-order valence-electron chi connectivity index (χ0n) is 11.8. The maximum Gasteiger partial charge on any atom is 0.416 e. The Kier molecular flexibility index (Phi) is 6.49. The van der Waals surface area contributed by atoms with E-state index in [2.05, 4.69) is 0 Å². The third kappa shape index (κ3) is 5.06. The minimum Gasteiger partial charge on any atom is -0.484 e. The van der Waals surface area contributed by atoms with Crippen molar-refractivity contribution in [2.45, 2.75) is 25.1 Å². The van der Waals surface area contributed by atoms with Crippen LogP contribution in [0.15, 0.2) is 24.3 Å². The van der Waals surface area contributed by atoms with E-state index >= 15 is 0 Å². The maximum absolute atomic E-state index is 12.6. The van der Waals surface area contributed by atoms with E-state index in [-0.39, 0.29) is 36.7 Å². The maximum atomic E-state index is 12.6. The van der Waals surface area contributed by atoms with Crippen molar-refractivity contribution in [3.8, 4) is 5.75 Å². The molecule has 1 aliphatic heterocycles. The monoisotopic (exact) mass is 338 g/mol. The molecule has 1 aromatic rings. The van der Waals surface area contributed by atoms with Gasteiger partial charge in [-0.25, -0.2) is 0 Å². The first-order valence-corrected chi connectivity index (χ1v) is 6.69. The van der Waals surface area contributed by atoms with Crippen molar-refractivity contribution in [2.75, 3.05) is 19.7 Å². The molecule has 0 aromatic heterocycles. The lowest BCUT2D eigenvalue weighted by Crippen LogP contribution is -2.47. The molecule has 2 N–H and O–H groups in total. The first kappa shape index (κ1) is 18.6. The van der Waals surface area contributed by atoms with E-state index in [1.807, 2.05) is 0 Å². The van der Waals surface area contributed by atoms with Crippen LogP contribution in [0.4, 0.5) is 13.2 Å². The van der Waals surface area contributed by atoms with Gasteiger partial charge in [0.2, 0.25) is 0 Å². The van der Waals surface area contributed by atoms with Gasteiger partial charge >= 0.3 is 6.18 Å². The molecule has 2 rings (SSSR count). The highest BCUT2D eigenvalue weighted by atomic mass is 35.5. The third-order valence-corrected chi connectivity index (χ3v) is 3.33. The van der Waals surface area contributed by atoms with E-state index in [9.17, 15) is 18.0 Å². The van der Waals surface area contributed by atoms with E-state index in [1.54, 1.807) is 4.90 Å². The molecule has 1 amide bonds. The summed E-state index contributed by atoms with van der Waals surface area (Å²) < 4.78 is 42.8. The normalized spacial score (nSPS) is 18.5. The standard InChI is InChI=1S/C14H17F3N2O2.ClH/c15-14(16,17)10-3-1-5-12(7-10)21-9-13(20)19-6-2-4-11(18)8-19;/h1,3,5,7,11H,2,4,6,8-9,18H2;1H. The van der Waals surface area contributed by atoms with Crippen molar-refractivity contribution in [2.24, 2.45) is 5.73 Å². The van der Waals surface area contributed by atoms with Gasteiger partial charge in [0.25, 0.3) is 5.91 Å². The smallest absolute Gasteiger partial charge is 0.416 e. The molecule has 4 nitrogen and oxygen atoms in total. The van der Waals surface area contributed by atoms with Gasteiger partial charge in [0.1, 0.15) is 5.75 Å². The second-order valence-electron chi connectivity index (χ2n) is 5.06. The highest BCUT2D eigenvalue weighted by Gasteiger charge is 2.30. The van der Waals surface area contributed by atoms with Gasteiger partial charge in [-0.15, -0.1) is 12.4 Å².